The zero-order valence-corrected chi connectivity index (χ0v) is 12.8. The maximum Gasteiger partial charge on any atom is 0.237 e. The van der Waals surface area contributed by atoms with Crippen molar-refractivity contribution >= 4 is 27.3 Å². The topological polar surface area (TPSA) is 72.5 Å². The summed E-state index contributed by atoms with van der Waals surface area (Å²) >= 11 is 1.56. The van der Waals surface area contributed by atoms with Crippen LogP contribution in [0.4, 0.5) is 0 Å². The fourth-order valence-electron chi connectivity index (χ4n) is 2.14. The minimum atomic E-state index is -3.59. The third-order valence-corrected chi connectivity index (χ3v) is 5.25. The second kappa shape index (κ2) is 7.19. The summed E-state index contributed by atoms with van der Waals surface area (Å²) in [6.45, 7) is 0.603. The third-order valence-electron chi connectivity index (χ3n) is 3.17. The Morgan fingerprint density at radius 1 is 1.45 bits per heavy atom. The fourth-order valence-corrected chi connectivity index (χ4v) is 4.13. The van der Waals surface area contributed by atoms with Crippen molar-refractivity contribution in [3.8, 4) is 0 Å². The summed E-state index contributed by atoms with van der Waals surface area (Å²) in [7, 11) is -3.59. The predicted octanol–water partition coefficient (Wildman–Crippen LogP) is 1.70. The van der Waals surface area contributed by atoms with E-state index < -0.39 is 15.9 Å². The standard InChI is InChI=1S/C13H19NO4S2/c15-13(5-4-11-6-8-19-9-11)14-20(16,17)10-12-3-1-2-7-18-12/h6,8-9,12H,1-5,7,10H2,(H,14,15)/t12-/m0/s1. The average Bonchev–Trinajstić information content (AvgIpc) is 2.89. The number of rotatable bonds is 6. The van der Waals surface area contributed by atoms with Crippen LogP contribution in [0, 0.1) is 0 Å². The van der Waals surface area contributed by atoms with Gasteiger partial charge in [-0.25, -0.2) is 8.42 Å². The lowest BCUT2D eigenvalue weighted by molar-refractivity contribution is -0.119. The summed E-state index contributed by atoms with van der Waals surface area (Å²) in [5.74, 6) is -0.580. The zero-order chi connectivity index (χ0) is 14.4. The molecule has 0 spiro atoms. The quantitative estimate of drug-likeness (QED) is 0.867. The Balaban J connectivity index is 1.76. The van der Waals surface area contributed by atoms with Gasteiger partial charge in [-0.15, -0.1) is 0 Å². The number of thiophene rings is 1. The van der Waals surface area contributed by atoms with Gasteiger partial charge in [0.25, 0.3) is 0 Å². The van der Waals surface area contributed by atoms with E-state index in [9.17, 15) is 13.2 Å². The maximum absolute atomic E-state index is 11.9. The first-order chi connectivity index (χ1) is 9.55. The van der Waals surface area contributed by atoms with Crippen molar-refractivity contribution < 1.29 is 17.9 Å². The van der Waals surface area contributed by atoms with Gasteiger partial charge < -0.3 is 4.74 Å². The molecule has 1 atom stereocenters. The molecule has 1 aliphatic heterocycles. The van der Waals surface area contributed by atoms with Gasteiger partial charge in [0, 0.05) is 13.0 Å². The number of amides is 1. The van der Waals surface area contributed by atoms with Crippen molar-refractivity contribution in [2.75, 3.05) is 12.4 Å². The van der Waals surface area contributed by atoms with E-state index in [1.165, 1.54) is 0 Å². The molecule has 0 radical (unpaired) electrons. The number of sulfonamides is 1. The third kappa shape index (κ3) is 5.22. The van der Waals surface area contributed by atoms with Crippen LogP contribution >= 0.6 is 11.3 Å². The molecule has 0 bridgehead atoms. The molecule has 2 heterocycles. The lowest BCUT2D eigenvalue weighted by Gasteiger charge is -2.22. The highest BCUT2D eigenvalue weighted by Crippen LogP contribution is 2.14. The first-order valence-corrected chi connectivity index (χ1v) is 9.31. The predicted molar refractivity (Wildman–Crippen MR) is 78.2 cm³/mol. The van der Waals surface area contributed by atoms with Gasteiger partial charge in [0.15, 0.2) is 0 Å². The summed E-state index contributed by atoms with van der Waals surface area (Å²) in [6, 6.07) is 1.93. The van der Waals surface area contributed by atoms with Gasteiger partial charge in [-0.05, 0) is 48.1 Å². The van der Waals surface area contributed by atoms with Gasteiger partial charge in [-0.1, -0.05) is 0 Å². The minimum Gasteiger partial charge on any atom is -0.377 e. The van der Waals surface area contributed by atoms with E-state index in [2.05, 4.69) is 4.72 Å². The van der Waals surface area contributed by atoms with Gasteiger partial charge in [0.05, 0.1) is 11.9 Å². The largest absolute Gasteiger partial charge is 0.377 e. The summed E-state index contributed by atoms with van der Waals surface area (Å²) in [5, 5.41) is 3.89. The number of nitrogens with one attached hydrogen (secondary N) is 1. The van der Waals surface area contributed by atoms with Crippen molar-refractivity contribution in [3.63, 3.8) is 0 Å². The lowest BCUT2D eigenvalue weighted by Crippen LogP contribution is -2.38. The Labute approximate surface area is 123 Å². The summed E-state index contributed by atoms with van der Waals surface area (Å²) in [4.78, 5) is 11.7. The van der Waals surface area contributed by atoms with Gasteiger partial charge in [0.2, 0.25) is 15.9 Å². The van der Waals surface area contributed by atoms with Crippen molar-refractivity contribution in [3.05, 3.63) is 22.4 Å². The second-order valence-corrected chi connectivity index (χ2v) is 7.47. The molecule has 2 rings (SSSR count). The monoisotopic (exact) mass is 317 g/mol. The molecule has 1 N–H and O–H groups in total. The molecule has 1 saturated heterocycles. The molecular formula is C13H19NO4S2. The van der Waals surface area contributed by atoms with Crippen molar-refractivity contribution in [1.82, 2.24) is 4.72 Å². The van der Waals surface area contributed by atoms with Crippen molar-refractivity contribution in [1.29, 1.82) is 0 Å². The van der Waals surface area contributed by atoms with Crippen molar-refractivity contribution in [2.24, 2.45) is 0 Å². The van der Waals surface area contributed by atoms with E-state index in [-0.39, 0.29) is 18.3 Å². The average molecular weight is 317 g/mol. The summed E-state index contributed by atoms with van der Waals surface area (Å²) in [6.07, 6.45) is 3.15. The molecule has 1 aliphatic rings. The number of aryl methyl sites for hydroxylation is 1. The zero-order valence-electron chi connectivity index (χ0n) is 11.2. The number of hydrogen-bond acceptors (Lipinski definition) is 5. The molecule has 1 amide bonds. The molecule has 7 heteroatoms. The highest BCUT2D eigenvalue weighted by Gasteiger charge is 2.23. The lowest BCUT2D eigenvalue weighted by atomic mass is 10.1. The van der Waals surface area contributed by atoms with Crippen LogP contribution in [0.15, 0.2) is 16.8 Å². The van der Waals surface area contributed by atoms with Crippen LogP contribution in [0.25, 0.3) is 0 Å². The molecule has 1 fully saturated rings. The first kappa shape index (κ1) is 15.5. The van der Waals surface area contributed by atoms with E-state index in [0.29, 0.717) is 13.0 Å². The smallest absolute Gasteiger partial charge is 0.237 e. The summed E-state index contributed by atoms with van der Waals surface area (Å²) < 4.78 is 31.2. The number of ether oxygens (including phenoxy) is 1. The molecular weight excluding hydrogens is 298 g/mol. The second-order valence-electron chi connectivity index (χ2n) is 4.93. The Morgan fingerprint density at radius 2 is 2.30 bits per heavy atom. The van der Waals surface area contributed by atoms with Crippen LogP contribution in [0.5, 0.6) is 0 Å². The fraction of sp³-hybridized carbons (Fsp3) is 0.615. The number of carbonyl (C=O) groups excluding carboxylic acids is 1. The van der Waals surface area contributed by atoms with Gasteiger partial charge in [-0.2, -0.15) is 11.3 Å². The van der Waals surface area contributed by atoms with Crippen LogP contribution in [0.1, 0.15) is 31.2 Å². The van der Waals surface area contributed by atoms with Crippen LogP contribution in [-0.4, -0.2) is 32.8 Å². The first-order valence-electron chi connectivity index (χ1n) is 6.71. The molecule has 112 valence electrons. The molecule has 0 aromatic carbocycles. The highest BCUT2D eigenvalue weighted by atomic mass is 32.2. The highest BCUT2D eigenvalue weighted by molar-refractivity contribution is 7.90. The molecule has 5 nitrogen and oxygen atoms in total. The molecule has 0 aliphatic carbocycles. The van der Waals surface area contributed by atoms with Gasteiger partial charge in [-0.3, -0.25) is 9.52 Å². The molecule has 0 unspecified atom stereocenters. The Kier molecular flexibility index (Phi) is 5.56. The SMILES string of the molecule is O=C(CCc1ccsc1)NS(=O)(=O)C[C@@H]1CCCCO1. The Morgan fingerprint density at radius 3 is 2.95 bits per heavy atom. The normalized spacial score (nSPS) is 19.7. The Bertz CT molecular complexity index is 519. The van der Waals surface area contributed by atoms with E-state index in [4.69, 9.17) is 4.74 Å². The van der Waals surface area contributed by atoms with Crippen LogP contribution in [0.3, 0.4) is 0 Å². The van der Waals surface area contributed by atoms with Crippen molar-refractivity contribution in [2.45, 2.75) is 38.2 Å². The van der Waals surface area contributed by atoms with Crippen LogP contribution in [0.2, 0.25) is 0 Å². The summed E-state index contributed by atoms with van der Waals surface area (Å²) in [5.41, 5.74) is 1.05. The van der Waals surface area contributed by atoms with Crippen LogP contribution in [-0.2, 0) is 26.0 Å². The molecule has 1 aromatic rings. The Hall–Kier alpha value is -0.920. The minimum absolute atomic E-state index is 0.128. The molecule has 1 aromatic heterocycles. The van der Waals surface area contributed by atoms with Crippen LogP contribution < -0.4 is 4.72 Å². The molecule has 0 saturated carbocycles. The maximum atomic E-state index is 11.9. The molecule has 20 heavy (non-hydrogen) atoms. The van der Waals surface area contributed by atoms with Gasteiger partial charge in [0.1, 0.15) is 0 Å². The van der Waals surface area contributed by atoms with E-state index in [0.717, 1.165) is 24.8 Å². The van der Waals surface area contributed by atoms with E-state index in [1.54, 1.807) is 11.3 Å². The van der Waals surface area contributed by atoms with Gasteiger partial charge >= 0.3 is 0 Å². The van der Waals surface area contributed by atoms with E-state index in [1.807, 2.05) is 16.8 Å². The van der Waals surface area contributed by atoms with E-state index >= 15 is 0 Å². The number of hydrogen-bond donors (Lipinski definition) is 1. The number of carbonyl (C=O) groups is 1.